The molecule has 0 unspecified atom stereocenters. The van der Waals surface area contributed by atoms with Crippen molar-refractivity contribution in [1.29, 1.82) is 0 Å². The van der Waals surface area contributed by atoms with E-state index in [-0.39, 0.29) is 6.10 Å². The summed E-state index contributed by atoms with van der Waals surface area (Å²) in [6.45, 7) is 6.99. The molecule has 0 aliphatic carbocycles. The van der Waals surface area contributed by atoms with Crippen LogP contribution in [0, 0.1) is 0 Å². The molecule has 1 aliphatic rings. The summed E-state index contributed by atoms with van der Waals surface area (Å²) < 4.78 is 12.8. The SMILES string of the molecule is CC(C)(C)OC(=O)Nc1cc(N2CCC(Oc3ncccn3)CC2)nc2ccnn12. The minimum atomic E-state index is -0.590. The van der Waals surface area contributed by atoms with Gasteiger partial charge in [0.2, 0.25) is 0 Å². The minimum absolute atomic E-state index is 0.0571. The number of carbonyl (C=O) groups is 1. The predicted molar refractivity (Wildman–Crippen MR) is 111 cm³/mol. The number of carbonyl (C=O) groups excluding carboxylic acids is 1. The first-order valence-electron chi connectivity index (χ1n) is 9.91. The second-order valence-corrected chi connectivity index (χ2v) is 8.06. The first-order chi connectivity index (χ1) is 14.4. The number of piperidine rings is 1. The van der Waals surface area contributed by atoms with Gasteiger partial charge in [0.1, 0.15) is 23.3 Å². The van der Waals surface area contributed by atoms with Crippen molar-refractivity contribution < 1.29 is 14.3 Å². The third kappa shape index (κ3) is 4.76. The molecule has 30 heavy (non-hydrogen) atoms. The number of nitrogens with zero attached hydrogens (tertiary/aromatic N) is 6. The van der Waals surface area contributed by atoms with E-state index in [1.165, 1.54) is 0 Å². The van der Waals surface area contributed by atoms with Crippen LogP contribution in [0.5, 0.6) is 6.01 Å². The molecule has 1 amide bonds. The fourth-order valence-electron chi connectivity index (χ4n) is 3.26. The molecule has 0 bridgehead atoms. The second kappa shape index (κ2) is 8.13. The predicted octanol–water partition coefficient (Wildman–Crippen LogP) is 2.91. The molecule has 158 valence electrons. The van der Waals surface area contributed by atoms with Crippen LogP contribution < -0.4 is 15.0 Å². The van der Waals surface area contributed by atoms with Crippen LogP contribution in [-0.4, -0.2) is 55.5 Å². The van der Waals surface area contributed by atoms with E-state index in [0.29, 0.717) is 17.5 Å². The Morgan fingerprint density at radius 2 is 1.90 bits per heavy atom. The minimum Gasteiger partial charge on any atom is -0.460 e. The molecule has 0 spiro atoms. The van der Waals surface area contributed by atoms with Gasteiger partial charge in [-0.25, -0.2) is 19.7 Å². The van der Waals surface area contributed by atoms with E-state index in [1.807, 2.05) is 26.8 Å². The van der Waals surface area contributed by atoms with Gasteiger partial charge in [0.15, 0.2) is 5.65 Å². The van der Waals surface area contributed by atoms with Gasteiger partial charge in [-0.05, 0) is 26.8 Å². The van der Waals surface area contributed by atoms with Crippen molar-refractivity contribution >= 4 is 23.4 Å². The Labute approximate surface area is 174 Å². The molecule has 1 saturated heterocycles. The summed E-state index contributed by atoms with van der Waals surface area (Å²) in [7, 11) is 0. The van der Waals surface area contributed by atoms with Crippen molar-refractivity contribution in [2.75, 3.05) is 23.3 Å². The Morgan fingerprint density at radius 1 is 1.17 bits per heavy atom. The number of hydrogen-bond acceptors (Lipinski definition) is 8. The molecule has 1 fully saturated rings. The molecule has 1 aliphatic heterocycles. The number of rotatable bonds is 4. The van der Waals surface area contributed by atoms with Crippen LogP contribution in [0.15, 0.2) is 36.8 Å². The number of ether oxygens (including phenoxy) is 2. The summed E-state index contributed by atoms with van der Waals surface area (Å²) in [6.07, 6.45) is 6.14. The molecule has 10 heteroatoms. The molecular formula is C20H25N7O3. The lowest BCUT2D eigenvalue weighted by Gasteiger charge is -2.32. The van der Waals surface area contributed by atoms with Gasteiger partial charge in [-0.3, -0.25) is 5.32 Å². The Balaban J connectivity index is 1.46. The van der Waals surface area contributed by atoms with E-state index in [0.717, 1.165) is 31.7 Å². The van der Waals surface area contributed by atoms with Crippen molar-refractivity contribution in [3.05, 3.63) is 36.8 Å². The fourth-order valence-corrected chi connectivity index (χ4v) is 3.26. The third-order valence-corrected chi connectivity index (χ3v) is 4.56. The molecule has 4 rings (SSSR count). The standard InChI is InChI=1S/C20H25N7O3/c1-20(2,3)30-19(28)25-17-13-16(24-15-5-10-23-27(15)17)26-11-6-14(7-12-26)29-18-21-8-4-9-22-18/h4-5,8-10,13-14H,6-7,11-12H2,1-3H3,(H,25,28). The zero-order valence-corrected chi connectivity index (χ0v) is 17.3. The van der Waals surface area contributed by atoms with E-state index in [1.54, 1.807) is 35.2 Å². The quantitative estimate of drug-likeness (QED) is 0.698. The summed E-state index contributed by atoms with van der Waals surface area (Å²) in [6, 6.07) is 5.77. The zero-order chi connectivity index (χ0) is 21.1. The molecule has 1 N–H and O–H groups in total. The first-order valence-corrected chi connectivity index (χ1v) is 9.91. The average Bonchev–Trinajstić information content (AvgIpc) is 3.17. The van der Waals surface area contributed by atoms with Gasteiger partial charge >= 0.3 is 12.1 Å². The van der Waals surface area contributed by atoms with Crippen LogP contribution >= 0.6 is 0 Å². The summed E-state index contributed by atoms with van der Waals surface area (Å²) >= 11 is 0. The van der Waals surface area contributed by atoms with Crippen LogP contribution in [0.1, 0.15) is 33.6 Å². The number of anilines is 2. The smallest absolute Gasteiger partial charge is 0.413 e. The lowest BCUT2D eigenvalue weighted by atomic mass is 10.1. The highest BCUT2D eigenvalue weighted by Gasteiger charge is 2.24. The van der Waals surface area contributed by atoms with Gasteiger partial charge in [0.25, 0.3) is 0 Å². The van der Waals surface area contributed by atoms with Crippen LogP contribution in [-0.2, 0) is 4.74 Å². The maximum absolute atomic E-state index is 12.3. The van der Waals surface area contributed by atoms with Gasteiger partial charge in [-0.1, -0.05) is 0 Å². The Kier molecular flexibility index (Phi) is 5.39. The molecule has 0 atom stereocenters. The van der Waals surface area contributed by atoms with E-state index < -0.39 is 11.7 Å². The van der Waals surface area contributed by atoms with Crippen molar-refractivity contribution in [2.45, 2.75) is 45.3 Å². The molecule has 3 aromatic heterocycles. The van der Waals surface area contributed by atoms with Gasteiger partial charge < -0.3 is 14.4 Å². The van der Waals surface area contributed by atoms with E-state index in [9.17, 15) is 4.79 Å². The molecular weight excluding hydrogens is 386 g/mol. The summed E-state index contributed by atoms with van der Waals surface area (Å²) in [5.41, 5.74) is 0.0580. The van der Waals surface area contributed by atoms with Gasteiger partial charge in [0, 0.05) is 50.5 Å². The topological polar surface area (TPSA) is 107 Å². The Hall–Kier alpha value is -3.43. The van der Waals surface area contributed by atoms with Crippen molar-refractivity contribution in [2.24, 2.45) is 0 Å². The number of amides is 1. The Morgan fingerprint density at radius 3 is 2.60 bits per heavy atom. The van der Waals surface area contributed by atoms with Crippen LogP contribution in [0.25, 0.3) is 5.65 Å². The van der Waals surface area contributed by atoms with Crippen LogP contribution in [0.4, 0.5) is 16.4 Å². The lowest BCUT2D eigenvalue weighted by molar-refractivity contribution is 0.0635. The van der Waals surface area contributed by atoms with E-state index in [4.69, 9.17) is 9.47 Å². The summed E-state index contributed by atoms with van der Waals surface area (Å²) in [4.78, 5) is 27.3. The van der Waals surface area contributed by atoms with Crippen molar-refractivity contribution in [3.63, 3.8) is 0 Å². The normalized spacial score (nSPS) is 15.2. The number of nitrogens with one attached hydrogen (secondary N) is 1. The van der Waals surface area contributed by atoms with E-state index in [2.05, 4.69) is 30.3 Å². The summed E-state index contributed by atoms with van der Waals surface area (Å²) in [5, 5.41) is 7.02. The molecule has 4 heterocycles. The molecule has 0 saturated carbocycles. The van der Waals surface area contributed by atoms with Crippen molar-refractivity contribution in [3.8, 4) is 6.01 Å². The van der Waals surface area contributed by atoms with Gasteiger partial charge in [-0.15, -0.1) is 0 Å². The van der Waals surface area contributed by atoms with Crippen molar-refractivity contribution in [1.82, 2.24) is 24.6 Å². The highest BCUT2D eigenvalue weighted by Crippen LogP contribution is 2.24. The number of aromatic nitrogens is 5. The maximum Gasteiger partial charge on any atom is 0.413 e. The Bertz CT molecular complexity index is 1010. The molecule has 10 nitrogen and oxygen atoms in total. The number of fused-ring (bicyclic) bond motifs is 1. The monoisotopic (exact) mass is 411 g/mol. The number of hydrogen-bond donors (Lipinski definition) is 1. The zero-order valence-electron chi connectivity index (χ0n) is 17.3. The summed E-state index contributed by atoms with van der Waals surface area (Å²) in [5.74, 6) is 1.27. The maximum atomic E-state index is 12.3. The van der Waals surface area contributed by atoms with Crippen LogP contribution in [0.3, 0.4) is 0 Å². The molecule has 0 aromatic carbocycles. The first kappa shape index (κ1) is 19.9. The third-order valence-electron chi connectivity index (χ3n) is 4.56. The van der Waals surface area contributed by atoms with Gasteiger partial charge in [-0.2, -0.15) is 9.61 Å². The second-order valence-electron chi connectivity index (χ2n) is 8.06. The van der Waals surface area contributed by atoms with E-state index >= 15 is 0 Å². The average molecular weight is 411 g/mol. The lowest BCUT2D eigenvalue weighted by Crippen LogP contribution is -2.39. The highest BCUT2D eigenvalue weighted by atomic mass is 16.6. The molecule has 3 aromatic rings. The fraction of sp³-hybridized carbons (Fsp3) is 0.450. The van der Waals surface area contributed by atoms with Crippen LogP contribution in [0.2, 0.25) is 0 Å². The van der Waals surface area contributed by atoms with Gasteiger partial charge in [0.05, 0.1) is 6.20 Å². The molecule has 0 radical (unpaired) electrons. The largest absolute Gasteiger partial charge is 0.460 e. The highest BCUT2D eigenvalue weighted by molar-refractivity contribution is 5.84.